The van der Waals surface area contributed by atoms with Gasteiger partial charge in [0.2, 0.25) is 0 Å². The number of unbranched alkanes of at least 4 members (excludes halogenated alkanes) is 1. The molecule has 0 bridgehead atoms. The predicted molar refractivity (Wildman–Crippen MR) is 114 cm³/mol. The van der Waals surface area contributed by atoms with Gasteiger partial charge in [0.15, 0.2) is 0 Å². The third kappa shape index (κ3) is 7.11. The van der Waals surface area contributed by atoms with Crippen LogP contribution in [0.25, 0.3) is 0 Å². The molecular formula is C24H27N3W. The molecule has 0 amide bonds. The second-order valence-corrected chi connectivity index (χ2v) is 7.97. The van der Waals surface area contributed by atoms with E-state index in [0.717, 1.165) is 47.5 Å². The molecule has 0 aromatic heterocycles. The summed E-state index contributed by atoms with van der Waals surface area (Å²) in [4.78, 5) is 4.99. The average molecular weight is 541 g/mol. The molecular weight excluding hydrogens is 514 g/mol. The number of rotatable bonds is 10. The van der Waals surface area contributed by atoms with Crippen LogP contribution in [0.3, 0.4) is 0 Å². The maximum atomic E-state index is 9.07. The number of allylic oxidation sites excluding steroid dienone is 1. The fourth-order valence-corrected chi connectivity index (χ4v) is 3.64. The number of nitriles is 1. The molecule has 28 heavy (non-hydrogen) atoms. The Kier molecular flexibility index (Phi) is 9.76. The standard InChI is InChI=1S/C24H27N3.W/c1-3-5-14-24(22-12-7-6-8-13-22)27-23(4-2)15-16-26-19-21-11-9-10-20(17-21)18-25;/h4,6-13,17,26H,3,5,14-16H2,1-2H3;/b23-4-,27-24?;. The van der Waals surface area contributed by atoms with E-state index < -0.39 is 0 Å². The van der Waals surface area contributed by atoms with Crippen molar-refractivity contribution in [1.82, 2.24) is 5.32 Å². The summed E-state index contributed by atoms with van der Waals surface area (Å²) in [6, 6.07) is 20.4. The third-order valence-electron chi connectivity index (χ3n) is 4.41. The number of benzene rings is 2. The Labute approximate surface area is 179 Å². The van der Waals surface area contributed by atoms with E-state index in [1.807, 2.05) is 30.3 Å². The average Bonchev–Trinajstić information content (AvgIpc) is 2.75. The van der Waals surface area contributed by atoms with Gasteiger partial charge in [-0.25, -0.2) is 0 Å². The van der Waals surface area contributed by atoms with Gasteiger partial charge in [-0.1, -0.05) is 0 Å². The monoisotopic (exact) mass is 541 g/mol. The first kappa shape index (κ1) is 22.2. The minimum atomic E-state index is 0.695. The molecule has 0 fully saturated rings. The van der Waals surface area contributed by atoms with Gasteiger partial charge in [0.25, 0.3) is 0 Å². The van der Waals surface area contributed by atoms with Crippen molar-refractivity contribution in [2.24, 2.45) is 4.99 Å². The number of nitrogens with zero attached hydrogens (tertiary/aromatic N) is 2. The Hall–Kier alpha value is -2.14. The Morgan fingerprint density at radius 1 is 1.11 bits per heavy atom. The van der Waals surface area contributed by atoms with Crippen molar-refractivity contribution in [3.05, 3.63) is 83.1 Å². The number of aliphatic imine (C=N–C) groups is 1. The zero-order chi connectivity index (χ0) is 20.2. The predicted octanol–water partition coefficient (Wildman–Crippen LogP) is 5.15. The van der Waals surface area contributed by atoms with Gasteiger partial charge in [-0.05, 0) is 0 Å². The molecule has 0 saturated carbocycles. The van der Waals surface area contributed by atoms with Crippen molar-refractivity contribution in [1.29, 1.82) is 5.26 Å². The zero-order valence-electron chi connectivity index (χ0n) is 16.6. The van der Waals surface area contributed by atoms with Crippen LogP contribution >= 0.6 is 0 Å². The van der Waals surface area contributed by atoms with Crippen LogP contribution in [0.5, 0.6) is 0 Å². The van der Waals surface area contributed by atoms with Crippen molar-refractivity contribution in [3.63, 3.8) is 0 Å². The molecule has 0 aliphatic carbocycles. The van der Waals surface area contributed by atoms with Crippen molar-refractivity contribution >= 4 is 9.73 Å². The SMILES string of the molecule is C/C=C(/CCN[C](=[W])c1cccc(C#N)c1)N=C(CCCC)c1ccccc1. The molecule has 0 aliphatic rings. The van der Waals surface area contributed by atoms with Gasteiger partial charge in [-0.2, -0.15) is 0 Å². The van der Waals surface area contributed by atoms with Gasteiger partial charge in [-0.3, -0.25) is 0 Å². The summed E-state index contributed by atoms with van der Waals surface area (Å²) < 4.78 is 1.16. The number of hydrogen-bond donors (Lipinski definition) is 1. The van der Waals surface area contributed by atoms with E-state index in [0.29, 0.717) is 5.56 Å². The van der Waals surface area contributed by atoms with Gasteiger partial charge >= 0.3 is 180 Å². The number of hydrogen-bond acceptors (Lipinski definition) is 3. The van der Waals surface area contributed by atoms with E-state index in [9.17, 15) is 0 Å². The van der Waals surface area contributed by atoms with Gasteiger partial charge in [0.1, 0.15) is 0 Å². The first-order valence-corrected chi connectivity index (χ1v) is 11.2. The molecule has 3 nitrogen and oxygen atoms in total. The van der Waals surface area contributed by atoms with Crippen LogP contribution in [0.2, 0.25) is 0 Å². The maximum absolute atomic E-state index is 9.07. The van der Waals surface area contributed by atoms with Crippen LogP contribution in [0, 0.1) is 11.3 Å². The van der Waals surface area contributed by atoms with E-state index in [4.69, 9.17) is 10.3 Å². The quantitative estimate of drug-likeness (QED) is 0.424. The van der Waals surface area contributed by atoms with Crippen molar-refractivity contribution in [2.75, 3.05) is 6.54 Å². The fourth-order valence-electron chi connectivity index (χ4n) is 2.81. The number of nitrogens with one attached hydrogen (secondary N) is 1. The van der Waals surface area contributed by atoms with Crippen molar-refractivity contribution < 1.29 is 19.4 Å². The molecule has 2 aromatic carbocycles. The normalized spacial score (nSPS) is 11.9. The van der Waals surface area contributed by atoms with Gasteiger partial charge < -0.3 is 0 Å². The summed E-state index contributed by atoms with van der Waals surface area (Å²) in [5.74, 6) is 0. The summed E-state index contributed by atoms with van der Waals surface area (Å²) in [6.45, 7) is 5.10. The van der Waals surface area contributed by atoms with Gasteiger partial charge in [-0.15, -0.1) is 0 Å². The Morgan fingerprint density at radius 2 is 1.86 bits per heavy atom. The summed E-state index contributed by atoms with van der Waals surface area (Å²) >= 11 is 1.36. The molecule has 0 aliphatic heterocycles. The minimum absolute atomic E-state index is 0.695. The van der Waals surface area contributed by atoms with Crippen LogP contribution < -0.4 is 5.32 Å². The van der Waals surface area contributed by atoms with Crippen LogP contribution in [0.4, 0.5) is 0 Å². The molecule has 4 heteroatoms. The first-order chi connectivity index (χ1) is 13.7. The first-order valence-electron chi connectivity index (χ1n) is 9.74. The molecule has 0 atom stereocenters. The van der Waals surface area contributed by atoms with Gasteiger partial charge in [0.05, 0.1) is 0 Å². The third-order valence-corrected chi connectivity index (χ3v) is 5.77. The van der Waals surface area contributed by atoms with E-state index >= 15 is 0 Å². The summed E-state index contributed by atoms with van der Waals surface area (Å²) in [6.07, 6.45) is 6.29. The van der Waals surface area contributed by atoms with Gasteiger partial charge in [0, 0.05) is 0 Å². The van der Waals surface area contributed by atoms with Crippen molar-refractivity contribution in [2.45, 2.75) is 39.5 Å². The fraction of sp³-hybridized carbons (Fsp3) is 0.292. The molecule has 144 valence electrons. The van der Waals surface area contributed by atoms with Crippen LogP contribution in [-0.4, -0.2) is 16.3 Å². The van der Waals surface area contributed by atoms with E-state index in [1.54, 1.807) is 0 Å². The molecule has 0 radical (unpaired) electrons. The molecule has 2 rings (SSSR count). The molecule has 1 N–H and O–H groups in total. The second-order valence-electron chi connectivity index (χ2n) is 6.51. The van der Waals surface area contributed by atoms with E-state index in [1.165, 1.54) is 30.6 Å². The van der Waals surface area contributed by atoms with Crippen LogP contribution in [0.15, 0.2) is 71.4 Å². The summed E-state index contributed by atoms with van der Waals surface area (Å²) in [7, 11) is 0. The molecule has 0 saturated heterocycles. The summed E-state index contributed by atoms with van der Waals surface area (Å²) in [5.41, 5.74) is 5.27. The van der Waals surface area contributed by atoms with E-state index in [2.05, 4.69) is 55.6 Å². The van der Waals surface area contributed by atoms with Crippen molar-refractivity contribution in [3.8, 4) is 6.07 Å². The molecule has 0 spiro atoms. The Bertz CT molecular complexity index is 876. The van der Waals surface area contributed by atoms with Crippen LogP contribution in [0.1, 0.15) is 56.2 Å². The zero-order valence-corrected chi connectivity index (χ0v) is 19.5. The van der Waals surface area contributed by atoms with E-state index in [-0.39, 0.29) is 0 Å². The summed E-state index contributed by atoms with van der Waals surface area (Å²) in [5, 5.41) is 12.6. The Morgan fingerprint density at radius 3 is 2.54 bits per heavy atom. The van der Waals surface area contributed by atoms with Crippen LogP contribution in [-0.2, 0) is 19.4 Å². The second kappa shape index (κ2) is 12.3. The Balaban J connectivity index is 2.01. The molecule has 0 heterocycles. The molecule has 0 unspecified atom stereocenters. The topological polar surface area (TPSA) is 48.2 Å². The molecule has 2 aromatic rings.